The number of hydrogen-bond donors (Lipinski definition) is 0. The van der Waals surface area contributed by atoms with Crippen molar-refractivity contribution in [2.45, 2.75) is 6.42 Å². The summed E-state index contributed by atoms with van der Waals surface area (Å²) in [7, 11) is 0. The van der Waals surface area contributed by atoms with E-state index in [0.29, 0.717) is 10.6 Å². The van der Waals surface area contributed by atoms with Crippen molar-refractivity contribution in [3.8, 4) is 0 Å². The molecule has 70 valence electrons. The third-order valence-electron chi connectivity index (χ3n) is 1.42. The summed E-state index contributed by atoms with van der Waals surface area (Å²) >= 11 is 17.0. The Morgan fingerprint density at radius 3 is 2.23 bits per heavy atom. The number of carboxylic acid groups (broad SMARTS) is 1. The van der Waals surface area contributed by atoms with Crippen LogP contribution in [0.15, 0.2) is 12.1 Å². The van der Waals surface area contributed by atoms with Crippen molar-refractivity contribution in [3.05, 3.63) is 32.8 Å². The third-order valence-corrected chi connectivity index (χ3v) is 2.50. The third kappa shape index (κ3) is 2.76. The second-order valence-corrected chi connectivity index (χ2v) is 3.63. The number of aliphatic carboxylic acids is 1. The zero-order valence-electron chi connectivity index (χ0n) is 6.31. The van der Waals surface area contributed by atoms with Gasteiger partial charge in [0.05, 0.1) is 10.0 Å². The van der Waals surface area contributed by atoms with E-state index in [-0.39, 0.29) is 16.5 Å². The first kappa shape index (κ1) is 10.6. The van der Waals surface area contributed by atoms with Crippen molar-refractivity contribution >= 4 is 40.8 Å². The monoisotopic (exact) mass is 237 g/mol. The van der Waals surface area contributed by atoms with E-state index in [4.69, 9.17) is 34.8 Å². The van der Waals surface area contributed by atoms with Gasteiger partial charge in [0.1, 0.15) is 0 Å². The Kier molecular flexibility index (Phi) is 3.42. The van der Waals surface area contributed by atoms with E-state index in [1.54, 1.807) is 0 Å². The average molecular weight is 238 g/mol. The fraction of sp³-hybridized carbons (Fsp3) is 0.125. The minimum Gasteiger partial charge on any atom is -0.550 e. The maximum absolute atomic E-state index is 10.3. The van der Waals surface area contributed by atoms with Crippen molar-refractivity contribution < 1.29 is 9.90 Å². The number of carboxylic acids is 1. The van der Waals surface area contributed by atoms with Gasteiger partial charge in [-0.05, 0) is 17.7 Å². The van der Waals surface area contributed by atoms with Crippen LogP contribution in [0, 0.1) is 0 Å². The van der Waals surface area contributed by atoms with E-state index < -0.39 is 5.97 Å². The van der Waals surface area contributed by atoms with E-state index in [2.05, 4.69) is 0 Å². The number of rotatable bonds is 2. The Morgan fingerprint density at radius 2 is 1.69 bits per heavy atom. The Morgan fingerprint density at radius 1 is 1.15 bits per heavy atom. The van der Waals surface area contributed by atoms with Crippen molar-refractivity contribution in [2.75, 3.05) is 0 Å². The van der Waals surface area contributed by atoms with Crippen LogP contribution in [-0.4, -0.2) is 5.97 Å². The molecule has 0 heterocycles. The van der Waals surface area contributed by atoms with Gasteiger partial charge in [-0.3, -0.25) is 0 Å². The highest BCUT2D eigenvalue weighted by Gasteiger charge is 2.05. The first-order chi connectivity index (χ1) is 6.00. The van der Waals surface area contributed by atoms with Gasteiger partial charge in [0.25, 0.3) is 0 Å². The van der Waals surface area contributed by atoms with Crippen LogP contribution < -0.4 is 5.11 Å². The van der Waals surface area contributed by atoms with E-state index >= 15 is 0 Å². The molecule has 0 unspecified atom stereocenters. The maximum atomic E-state index is 10.3. The van der Waals surface area contributed by atoms with Crippen molar-refractivity contribution in [1.29, 1.82) is 0 Å². The average Bonchev–Trinajstić information content (AvgIpc) is 1.99. The summed E-state index contributed by atoms with van der Waals surface area (Å²) in [5.41, 5.74) is 0.399. The molecule has 1 rings (SSSR count). The first-order valence-corrected chi connectivity index (χ1v) is 4.47. The van der Waals surface area contributed by atoms with Crippen molar-refractivity contribution in [2.24, 2.45) is 0 Å². The number of carbonyl (C=O) groups is 1. The summed E-state index contributed by atoms with van der Waals surface area (Å²) in [5, 5.41) is 11.1. The number of halogens is 3. The highest BCUT2D eigenvalue weighted by Crippen LogP contribution is 2.28. The predicted molar refractivity (Wildman–Crippen MR) is 50.2 cm³/mol. The van der Waals surface area contributed by atoms with Gasteiger partial charge in [0.2, 0.25) is 0 Å². The summed E-state index contributed by atoms with van der Waals surface area (Å²) in [5.74, 6) is -1.21. The smallest absolute Gasteiger partial charge is 0.0607 e. The topological polar surface area (TPSA) is 40.1 Å². The van der Waals surface area contributed by atoms with E-state index in [1.807, 2.05) is 0 Å². The molecule has 0 amide bonds. The summed E-state index contributed by atoms with van der Waals surface area (Å²) in [4.78, 5) is 10.3. The normalized spacial score (nSPS) is 10.1. The molecule has 0 bridgehead atoms. The molecule has 1 aromatic carbocycles. The molecule has 0 aliphatic heterocycles. The quantitative estimate of drug-likeness (QED) is 0.739. The molecule has 0 atom stereocenters. The molecule has 0 radical (unpaired) electrons. The van der Waals surface area contributed by atoms with Crippen LogP contribution in [0.25, 0.3) is 0 Å². The molecule has 0 N–H and O–H groups in total. The second-order valence-electron chi connectivity index (χ2n) is 2.41. The summed E-state index contributed by atoms with van der Waals surface area (Å²) in [6.45, 7) is 0. The van der Waals surface area contributed by atoms with E-state index in [1.165, 1.54) is 12.1 Å². The molecular weight excluding hydrogens is 234 g/mol. The predicted octanol–water partition coefficient (Wildman–Crippen LogP) is 1.94. The van der Waals surface area contributed by atoms with E-state index in [0.717, 1.165) is 0 Å². The highest BCUT2D eigenvalue weighted by atomic mass is 35.5. The number of hydrogen-bond acceptors (Lipinski definition) is 2. The number of benzene rings is 1. The molecule has 5 heteroatoms. The minimum atomic E-state index is -1.21. The SMILES string of the molecule is O=C([O-])Cc1cc(Cl)c(Cl)cc1Cl. The summed E-state index contributed by atoms with van der Waals surface area (Å²) in [6, 6.07) is 2.83. The van der Waals surface area contributed by atoms with Gasteiger partial charge < -0.3 is 9.90 Å². The minimum absolute atomic E-state index is 0.268. The van der Waals surface area contributed by atoms with Gasteiger partial charge in [-0.15, -0.1) is 0 Å². The van der Waals surface area contributed by atoms with Crippen LogP contribution in [-0.2, 0) is 11.2 Å². The molecule has 0 spiro atoms. The largest absolute Gasteiger partial charge is 0.550 e. The molecular formula is C8H4Cl3O2-. The fourth-order valence-corrected chi connectivity index (χ4v) is 1.49. The molecule has 0 saturated heterocycles. The Labute approximate surface area is 90.0 Å². The van der Waals surface area contributed by atoms with Crippen LogP contribution in [0.5, 0.6) is 0 Å². The van der Waals surface area contributed by atoms with Gasteiger partial charge in [0.15, 0.2) is 0 Å². The van der Waals surface area contributed by atoms with E-state index in [9.17, 15) is 9.90 Å². The molecule has 2 nitrogen and oxygen atoms in total. The zero-order valence-corrected chi connectivity index (χ0v) is 8.58. The van der Waals surface area contributed by atoms with Gasteiger partial charge in [-0.25, -0.2) is 0 Å². The maximum Gasteiger partial charge on any atom is 0.0607 e. The lowest BCUT2D eigenvalue weighted by molar-refractivity contribution is -0.304. The molecule has 1 aromatic rings. The lowest BCUT2D eigenvalue weighted by Gasteiger charge is -2.06. The molecule has 0 aliphatic rings. The lowest BCUT2D eigenvalue weighted by atomic mass is 10.1. The molecule has 0 aliphatic carbocycles. The summed E-state index contributed by atoms with van der Waals surface area (Å²) in [6.07, 6.45) is -0.268. The van der Waals surface area contributed by atoms with Gasteiger partial charge in [-0.1, -0.05) is 34.8 Å². The molecule has 0 fully saturated rings. The van der Waals surface area contributed by atoms with Crippen LogP contribution >= 0.6 is 34.8 Å². The lowest BCUT2D eigenvalue weighted by Crippen LogP contribution is -2.24. The van der Waals surface area contributed by atoms with Crippen LogP contribution in [0.4, 0.5) is 0 Å². The van der Waals surface area contributed by atoms with Crippen LogP contribution in [0.3, 0.4) is 0 Å². The van der Waals surface area contributed by atoms with Crippen LogP contribution in [0.1, 0.15) is 5.56 Å². The molecule has 0 aromatic heterocycles. The standard InChI is InChI=1S/C8H5Cl3O2/c9-5-3-7(11)6(10)1-4(5)2-8(12)13/h1,3H,2H2,(H,12,13)/p-1. The Hall–Kier alpha value is -0.440. The van der Waals surface area contributed by atoms with Crippen molar-refractivity contribution in [3.63, 3.8) is 0 Å². The van der Waals surface area contributed by atoms with Gasteiger partial charge in [0, 0.05) is 17.4 Å². The first-order valence-electron chi connectivity index (χ1n) is 3.34. The summed E-state index contributed by atoms with van der Waals surface area (Å²) < 4.78 is 0. The number of carbonyl (C=O) groups excluding carboxylic acids is 1. The van der Waals surface area contributed by atoms with Crippen LogP contribution in [0.2, 0.25) is 15.1 Å². The molecule has 13 heavy (non-hydrogen) atoms. The highest BCUT2D eigenvalue weighted by molar-refractivity contribution is 6.43. The van der Waals surface area contributed by atoms with Crippen molar-refractivity contribution in [1.82, 2.24) is 0 Å². The Balaban J connectivity index is 3.08. The second kappa shape index (κ2) is 4.18. The van der Waals surface area contributed by atoms with Gasteiger partial charge in [-0.2, -0.15) is 0 Å². The Bertz CT molecular complexity index is 349. The van der Waals surface area contributed by atoms with Gasteiger partial charge >= 0.3 is 0 Å². The zero-order chi connectivity index (χ0) is 10.0. The fourth-order valence-electron chi connectivity index (χ4n) is 0.855. The molecule has 0 saturated carbocycles.